The van der Waals surface area contributed by atoms with Gasteiger partial charge in [-0.15, -0.1) is 0 Å². The third-order valence-corrected chi connectivity index (χ3v) is 4.95. The van der Waals surface area contributed by atoms with Crippen LogP contribution in [0.3, 0.4) is 0 Å². The molecule has 0 bridgehead atoms. The molecular formula is C19H34O5. The van der Waals surface area contributed by atoms with Crippen LogP contribution in [0.25, 0.3) is 0 Å². The highest BCUT2D eigenvalue weighted by atomic mass is 16.6. The fourth-order valence-corrected chi connectivity index (χ4v) is 3.03. The zero-order valence-electron chi connectivity index (χ0n) is 15.9. The summed E-state index contributed by atoms with van der Waals surface area (Å²) in [5, 5.41) is 0. The summed E-state index contributed by atoms with van der Waals surface area (Å²) in [7, 11) is 0. The lowest BCUT2D eigenvalue weighted by molar-refractivity contribution is -0.169. The van der Waals surface area contributed by atoms with Gasteiger partial charge in [-0.3, -0.25) is 9.59 Å². The Hall–Kier alpha value is -1.10. The SMILES string of the molecule is CCC(=O)OCC(COC1(C)CCC(C(C)C)CC1)OC(=O)CC. The maximum Gasteiger partial charge on any atom is 0.305 e. The van der Waals surface area contributed by atoms with E-state index in [1.54, 1.807) is 13.8 Å². The molecule has 0 aromatic carbocycles. The van der Waals surface area contributed by atoms with Gasteiger partial charge in [-0.05, 0) is 44.4 Å². The Morgan fingerprint density at radius 3 is 2.12 bits per heavy atom. The van der Waals surface area contributed by atoms with Crippen LogP contribution in [0.2, 0.25) is 0 Å². The molecule has 1 rings (SSSR count). The number of carbonyl (C=O) groups is 2. The first-order valence-corrected chi connectivity index (χ1v) is 9.28. The van der Waals surface area contributed by atoms with Gasteiger partial charge in [-0.1, -0.05) is 27.7 Å². The van der Waals surface area contributed by atoms with E-state index in [4.69, 9.17) is 14.2 Å². The van der Waals surface area contributed by atoms with Crippen LogP contribution in [0.1, 0.15) is 73.1 Å². The molecule has 1 saturated carbocycles. The third-order valence-electron chi connectivity index (χ3n) is 4.95. The van der Waals surface area contributed by atoms with Crippen molar-refractivity contribution in [3.63, 3.8) is 0 Å². The normalized spacial score (nSPS) is 25.3. The van der Waals surface area contributed by atoms with Gasteiger partial charge < -0.3 is 14.2 Å². The van der Waals surface area contributed by atoms with Gasteiger partial charge in [-0.2, -0.15) is 0 Å². The highest BCUT2D eigenvalue weighted by Crippen LogP contribution is 2.37. The van der Waals surface area contributed by atoms with Gasteiger partial charge in [0, 0.05) is 12.8 Å². The van der Waals surface area contributed by atoms with Gasteiger partial charge in [0.2, 0.25) is 0 Å². The first-order chi connectivity index (χ1) is 11.3. The van der Waals surface area contributed by atoms with Crippen molar-refractivity contribution in [1.82, 2.24) is 0 Å². The lowest BCUT2D eigenvalue weighted by Crippen LogP contribution is -2.39. The standard InChI is InChI=1S/C19H34O5/c1-6-17(20)22-12-16(24-18(21)7-2)13-23-19(5)10-8-15(9-11-19)14(3)4/h14-16H,6-13H2,1-5H3. The number of rotatable bonds is 9. The summed E-state index contributed by atoms with van der Waals surface area (Å²) in [6, 6.07) is 0. The van der Waals surface area contributed by atoms with Crippen molar-refractivity contribution in [2.45, 2.75) is 84.8 Å². The zero-order valence-corrected chi connectivity index (χ0v) is 15.9. The van der Waals surface area contributed by atoms with E-state index >= 15 is 0 Å². The lowest BCUT2D eigenvalue weighted by Gasteiger charge is -2.39. The minimum Gasteiger partial charge on any atom is -0.462 e. The van der Waals surface area contributed by atoms with E-state index < -0.39 is 6.10 Å². The number of esters is 2. The van der Waals surface area contributed by atoms with Crippen LogP contribution in [-0.2, 0) is 23.8 Å². The molecule has 0 radical (unpaired) electrons. The number of carbonyl (C=O) groups excluding carboxylic acids is 2. The fraction of sp³-hybridized carbons (Fsp3) is 0.895. The van der Waals surface area contributed by atoms with Crippen molar-refractivity contribution in [3.8, 4) is 0 Å². The van der Waals surface area contributed by atoms with Gasteiger partial charge >= 0.3 is 11.9 Å². The summed E-state index contributed by atoms with van der Waals surface area (Å²) in [5.74, 6) is 0.878. The van der Waals surface area contributed by atoms with Gasteiger partial charge in [-0.25, -0.2) is 0 Å². The predicted octanol–water partition coefficient (Wildman–Crippen LogP) is 3.88. The number of hydrogen-bond donors (Lipinski definition) is 0. The van der Waals surface area contributed by atoms with Crippen molar-refractivity contribution >= 4 is 11.9 Å². The molecule has 0 N–H and O–H groups in total. The van der Waals surface area contributed by atoms with Crippen LogP contribution >= 0.6 is 0 Å². The fourth-order valence-electron chi connectivity index (χ4n) is 3.03. The van der Waals surface area contributed by atoms with Crippen molar-refractivity contribution < 1.29 is 23.8 Å². The van der Waals surface area contributed by atoms with E-state index in [9.17, 15) is 9.59 Å². The minimum absolute atomic E-state index is 0.0586. The largest absolute Gasteiger partial charge is 0.462 e. The molecule has 1 unspecified atom stereocenters. The van der Waals surface area contributed by atoms with E-state index in [0.717, 1.165) is 18.8 Å². The average Bonchev–Trinajstić information content (AvgIpc) is 2.57. The highest BCUT2D eigenvalue weighted by Gasteiger charge is 2.34. The molecule has 0 amide bonds. The Labute approximate surface area is 146 Å². The zero-order chi connectivity index (χ0) is 18.2. The molecule has 0 aromatic heterocycles. The Kier molecular flexibility index (Phi) is 8.74. The smallest absolute Gasteiger partial charge is 0.305 e. The molecule has 1 fully saturated rings. The van der Waals surface area contributed by atoms with Crippen molar-refractivity contribution in [3.05, 3.63) is 0 Å². The summed E-state index contributed by atoms with van der Waals surface area (Å²) in [4.78, 5) is 22.9. The maximum absolute atomic E-state index is 11.6. The van der Waals surface area contributed by atoms with Crippen LogP contribution in [0.15, 0.2) is 0 Å². The van der Waals surface area contributed by atoms with Gasteiger partial charge in [0.25, 0.3) is 0 Å². The predicted molar refractivity (Wildman–Crippen MR) is 92.6 cm³/mol. The maximum atomic E-state index is 11.6. The molecule has 24 heavy (non-hydrogen) atoms. The van der Waals surface area contributed by atoms with E-state index in [-0.39, 0.29) is 30.8 Å². The molecule has 5 nitrogen and oxygen atoms in total. The van der Waals surface area contributed by atoms with Crippen molar-refractivity contribution in [2.24, 2.45) is 11.8 Å². The van der Waals surface area contributed by atoms with Crippen LogP contribution < -0.4 is 0 Å². The molecule has 5 heteroatoms. The molecule has 140 valence electrons. The second kappa shape index (κ2) is 10.0. The molecule has 1 aliphatic carbocycles. The van der Waals surface area contributed by atoms with Gasteiger partial charge in [0.1, 0.15) is 6.61 Å². The summed E-state index contributed by atoms with van der Waals surface area (Å²) in [6.07, 6.45) is 4.43. The minimum atomic E-state index is -0.535. The molecule has 1 aliphatic rings. The first kappa shape index (κ1) is 20.9. The van der Waals surface area contributed by atoms with Gasteiger partial charge in [0.05, 0.1) is 12.2 Å². The van der Waals surface area contributed by atoms with Crippen LogP contribution in [0, 0.1) is 11.8 Å². The molecule has 0 saturated heterocycles. The summed E-state index contributed by atoms with van der Waals surface area (Å²) < 4.78 is 16.6. The van der Waals surface area contributed by atoms with Crippen molar-refractivity contribution in [2.75, 3.05) is 13.2 Å². The molecular weight excluding hydrogens is 308 g/mol. The molecule has 0 heterocycles. The van der Waals surface area contributed by atoms with E-state index in [1.807, 2.05) is 0 Å². The Balaban J connectivity index is 2.50. The number of ether oxygens (including phenoxy) is 3. The lowest BCUT2D eigenvalue weighted by atomic mass is 9.75. The Bertz CT molecular complexity index is 397. The van der Waals surface area contributed by atoms with Crippen LogP contribution in [-0.4, -0.2) is 36.9 Å². The van der Waals surface area contributed by atoms with Crippen molar-refractivity contribution in [1.29, 1.82) is 0 Å². The molecule has 0 aliphatic heterocycles. The summed E-state index contributed by atoms with van der Waals surface area (Å²) in [5.41, 5.74) is -0.184. The first-order valence-electron chi connectivity index (χ1n) is 9.28. The van der Waals surface area contributed by atoms with E-state index in [2.05, 4.69) is 20.8 Å². The monoisotopic (exact) mass is 342 g/mol. The molecule has 0 spiro atoms. The second-order valence-corrected chi connectivity index (χ2v) is 7.34. The summed E-state index contributed by atoms with van der Waals surface area (Å²) >= 11 is 0. The Morgan fingerprint density at radius 2 is 1.62 bits per heavy atom. The molecule has 1 atom stereocenters. The second-order valence-electron chi connectivity index (χ2n) is 7.34. The van der Waals surface area contributed by atoms with Crippen LogP contribution in [0.5, 0.6) is 0 Å². The average molecular weight is 342 g/mol. The topological polar surface area (TPSA) is 61.8 Å². The van der Waals surface area contributed by atoms with E-state index in [1.165, 1.54) is 12.8 Å². The van der Waals surface area contributed by atoms with Crippen LogP contribution in [0.4, 0.5) is 0 Å². The highest BCUT2D eigenvalue weighted by molar-refractivity contribution is 5.70. The quantitative estimate of drug-likeness (QED) is 0.595. The molecule has 0 aromatic rings. The summed E-state index contributed by atoms with van der Waals surface area (Å²) in [6.45, 7) is 10.5. The van der Waals surface area contributed by atoms with Gasteiger partial charge in [0.15, 0.2) is 6.10 Å². The number of hydrogen-bond acceptors (Lipinski definition) is 5. The van der Waals surface area contributed by atoms with E-state index in [0.29, 0.717) is 18.8 Å². The third kappa shape index (κ3) is 7.20. The Morgan fingerprint density at radius 1 is 1.04 bits per heavy atom.